The van der Waals surface area contributed by atoms with Crippen molar-refractivity contribution in [1.29, 1.82) is 0 Å². The van der Waals surface area contributed by atoms with Gasteiger partial charge in [-0.05, 0) is 77.2 Å². The van der Waals surface area contributed by atoms with Gasteiger partial charge in [-0.15, -0.1) is 0 Å². The lowest BCUT2D eigenvalue weighted by molar-refractivity contribution is 0.126. The van der Waals surface area contributed by atoms with E-state index < -0.39 is 0 Å². The van der Waals surface area contributed by atoms with E-state index in [0.717, 1.165) is 81.8 Å². The first-order valence-electron chi connectivity index (χ1n) is 13.4. The second-order valence-electron chi connectivity index (χ2n) is 10.4. The van der Waals surface area contributed by atoms with Gasteiger partial charge in [0, 0.05) is 44.1 Å². The molecule has 0 amide bonds. The average Bonchev–Trinajstić information content (AvgIpc) is 3.05. The molecule has 0 bridgehead atoms. The first kappa shape index (κ1) is 25.8. The summed E-state index contributed by atoms with van der Waals surface area (Å²) >= 11 is 0. The number of anilines is 2. The van der Waals surface area contributed by atoms with Gasteiger partial charge < -0.3 is 20.6 Å². The molecule has 2 aromatic rings. The number of aliphatic hydroxyl groups excluding tert-OH is 1. The van der Waals surface area contributed by atoms with Crippen LogP contribution in [0.25, 0.3) is 11.3 Å². The Hall–Kier alpha value is -2.29. The maximum Gasteiger partial charge on any atom is 0.224 e. The van der Waals surface area contributed by atoms with Crippen molar-refractivity contribution in [3.63, 3.8) is 0 Å². The molecule has 0 unspecified atom stereocenters. The minimum absolute atomic E-state index is 0.177. The molecule has 2 aromatic heterocycles. The maximum absolute atomic E-state index is 9.91. The summed E-state index contributed by atoms with van der Waals surface area (Å²) in [6, 6.07) is 4.90. The van der Waals surface area contributed by atoms with Crippen molar-refractivity contribution in [3.05, 3.63) is 30.1 Å². The number of aromatic nitrogens is 3. The van der Waals surface area contributed by atoms with Crippen LogP contribution in [-0.2, 0) is 6.54 Å². The Kier molecular flexibility index (Phi) is 9.29. The molecule has 1 aliphatic carbocycles. The second kappa shape index (κ2) is 12.6. The maximum atomic E-state index is 9.91. The Morgan fingerprint density at radius 3 is 2.63 bits per heavy atom. The van der Waals surface area contributed by atoms with Gasteiger partial charge >= 0.3 is 0 Å². The molecule has 2 fully saturated rings. The Morgan fingerprint density at radius 2 is 1.89 bits per heavy atom. The third kappa shape index (κ3) is 7.59. The summed E-state index contributed by atoms with van der Waals surface area (Å²) in [5.74, 6) is 1.47. The number of nitrogens with one attached hydrogen (secondary N) is 2. The van der Waals surface area contributed by atoms with E-state index >= 15 is 0 Å². The molecular formula is C27H43N7O. The molecule has 0 spiro atoms. The zero-order valence-corrected chi connectivity index (χ0v) is 21.7. The van der Waals surface area contributed by atoms with E-state index in [4.69, 9.17) is 9.97 Å². The summed E-state index contributed by atoms with van der Waals surface area (Å²) in [5, 5.41) is 17.0. The normalized spacial score (nSPS) is 23.0. The van der Waals surface area contributed by atoms with Crippen LogP contribution < -0.4 is 10.6 Å². The predicted molar refractivity (Wildman–Crippen MR) is 143 cm³/mol. The van der Waals surface area contributed by atoms with Crippen LogP contribution in [0.15, 0.2) is 24.5 Å². The van der Waals surface area contributed by atoms with Crippen LogP contribution >= 0.6 is 0 Å². The second-order valence-corrected chi connectivity index (χ2v) is 10.4. The number of hydrogen-bond donors (Lipinski definition) is 3. The molecule has 1 aliphatic heterocycles. The molecule has 35 heavy (non-hydrogen) atoms. The highest BCUT2D eigenvalue weighted by molar-refractivity contribution is 5.73. The summed E-state index contributed by atoms with van der Waals surface area (Å²) in [6.07, 6.45) is 10.7. The molecule has 3 heterocycles. The first-order chi connectivity index (χ1) is 17.0. The van der Waals surface area contributed by atoms with Gasteiger partial charge in [-0.3, -0.25) is 9.88 Å². The van der Waals surface area contributed by atoms with Crippen molar-refractivity contribution in [2.45, 2.75) is 83.5 Å². The molecule has 0 radical (unpaired) electrons. The number of pyridine rings is 1. The van der Waals surface area contributed by atoms with Crippen LogP contribution in [0.1, 0.15) is 64.4 Å². The summed E-state index contributed by atoms with van der Waals surface area (Å²) in [6.45, 7) is 9.81. The van der Waals surface area contributed by atoms with Crippen molar-refractivity contribution >= 4 is 11.8 Å². The topological polar surface area (TPSA) is 89.4 Å². The molecule has 0 aromatic carbocycles. The zero-order chi connectivity index (χ0) is 24.6. The van der Waals surface area contributed by atoms with Gasteiger partial charge in [0.1, 0.15) is 5.82 Å². The van der Waals surface area contributed by atoms with Crippen molar-refractivity contribution in [1.82, 2.24) is 24.8 Å². The highest BCUT2D eigenvalue weighted by Crippen LogP contribution is 2.29. The number of likely N-dealkylation sites (N-methyl/N-ethyl adjacent to an activating group) is 1. The lowest BCUT2D eigenvalue weighted by atomic mass is 9.93. The van der Waals surface area contributed by atoms with E-state index in [9.17, 15) is 5.11 Å². The fourth-order valence-electron chi connectivity index (χ4n) is 5.08. The Bertz CT molecular complexity index is 914. The largest absolute Gasteiger partial charge is 0.393 e. The van der Waals surface area contributed by atoms with Gasteiger partial charge in [-0.25, -0.2) is 4.98 Å². The smallest absolute Gasteiger partial charge is 0.224 e. The molecule has 1 atom stereocenters. The molecule has 1 saturated heterocycles. The molecule has 2 aliphatic rings. The number of nitrogens with zero attached hydrogens (tertiary/aromatic N) is 5. The van der Waals surface area contributed by atoms with Crippen LogP contribution in [0.4, 0.5) is 11.8 Å². The molecule has 192 valence electrons. The van der Waals surface area contributed by atoms with Crippen LogP contribution in [0.3, 0.4) is 0 Å². The Balaban J connectivity index is 1.50. The minimum Gasteiger partial charge on any atom is -0.393 e. The van der Waals surface area contributed by atoms with E-state index in [0.29, 0.717) is 18.0 Å². The van der Waals surface area contributed by atoms with Crippen LogP contribution in [0.5, 0.6) is 0 Å². The summed E-state index contributed by atoms with van der Waals surface area (Å²) in [4.78, 5) is 19.2. The fraction of sp³-hybridized carbons (Fsp3) is 0.667. The van der Waals surface area contributed by atoms with Gasteiger partial charge in [0.25, 0.3) is 0 Å². The molecule has 8 nitrogen and oxygen atoms in total. The summed E-state index contributed by atoms with van der Waals surface area (Å²) in [5.41, 5.74) is 3.05. The third-order valence-corrected chi connectivity index (χ3v) is 7.24. The highest BCUT2D eigenvalue weighted by atomic mass is 16.3. The molecular weight excluding hydrogens is 438 g/mol. The lowest BCUT2D eigenvalue weighted by Gasteiger charge is -2.27. The molecule has 3 N–H and O–H groups in total. The number of hydrogen-bond acceptors (Lipinski definition) is 8. The van der Waals surface area contributed by atoms with Crippen LogP contribution in [0.2, 0.25) is 0 Å². The standard InChI is InChI=1S/C27H43N7O/c1-4-6-20(2)30-27-29-18-24(26(32-27)31-22-8-10-23(35)11-9-22)25-12-7-21(17-28-25)19-34-14-5-13-33(3)15-16-34/h7,12,17-18,20,22-23,35H,4-6,8-11,13-16,19H2,1-3H3,(H2,29,30,31,32)/t20-,22?,23?/m0/s1. The van der Waals surface area contributed by atoms with Gasteiger partial charge in [0.05, 0.1) is 17.4 Å². The zero-order valence-electron chi connectivity index (χ0n) is 21.7. The SMILES string of the molecule is CCC[C@H](C)Nc1ncc(-c2ccc(CN3CCCN(C)CC3)cn2)c(NC2CCC(O)CC2)n1. The van der Waals surface area contributed by atoms with Gasteiger partial charge in [0.2, 0.25) is 5.95 Å². The summed E-state index contributed by atoms with van der Waals surface area (Å²) < 4.78 is 0. The average molecular weight is 482 g/mol. The van der Waals surface area contributed by atoms with Crippen molar-refractivity contribution < 1.29 is 5.11 Å². The van der Waals surface area contributed by atoms with E-state index in [2.05, 4.69) is 58.4 Å². The summed E-state index contributed by atoms with van der Waals surface area (Å²) in [7, 11) is 2.20. The Morgan fingerprint density at radius 1 is 1.06 bits per heavy atom. The third-order valence-electron chi connectivity index (χ3n) is 7.24. The van der Waals surface area contributed by atoms with Crippen molar-refractivity contribution in [2.24, 2.45) is 0 Å². The molecule has 1 saturated carbocycles. The van der Waals surface area contributed by atoms with Gasteiger partial charge in [0.15, 0.2) is 0 Å². The highest BCUT2D eigenvalue weighted by Gasteiger charge is 2.22. The predicted octanol–water partition coefficient (Wildman–Crippen LogP) is 3.99. The monoisotopic (exact) mass is 481 g/mol. The molecule has 8 heteroatoms. The van der Waals surface area contributed by atoms with E-state index in [-0.39, 0.29) is 6.10 Å². The Labute approximate surface area is 210 Å². The van der Waals surface area contributed by atoms with Crippen molar-refractivity contribution in [2.75, 3.05) is 43.9 Å². The van der Waals surface area contributed by atoms with E-state index in [1.165, 1.54) is 18.5 Å². The number of rotatable bonds is 9. The van der Waals surface area contributed by atoms with Crippen molar-refractivity contribution in [3.8, 4) is 11.3 Å². The van der Waals surface area contributed by atoms with E-state index in [1.807, 2.05) is 12.4 Å². The first-order valence-corrected chi connectivity index (χ1v) is 13.4. The van der Waals surface area contributed by atoms with Gasteiger partial charge in [-0.1, -0.05) is 19.4 Å². The van der Waals surface area contributed by atoms with E-state index in [1.54, 1.807) is 0 Å². The van der Waals surface area contributed by atoms with Crippen LogP contribution in [0, 0.1) is 0 Å². The quantitative estimate of drug-likeness (QED) is 0.495. The number of aliphatic hydroxyl groups is 1. The van der Waals surface area contributed by atoms with Gasteiger partial charge in [-0.2, -0.15) is 4.98 Å². The fourth-order valence-corrected chi connectivity index (χ4v) is 5.08. The molecule has 4 rings (SSSR count). The van der Waals surface area contributed by atoms with Crippen LogP contribution in [-0.4, -0.2) is 81.3 Å². The minimum atomic E-state index is -0.177. The lowest BCUT2D eigenvalue weighted by Crippen LogP contribution is -2.29.